The van der Waals surface area contributed by atoms with E-state index in [1.807, 2.05) is 30.1 Å². The van der Waals surface area contributed by atoms with Crippen molar-refractivity contribution in [2.45, 2.75) is 38.1 Å². The van der Waals surface area contributed by atoms with E-state index in [1.54, 1.807) is 4.90 Å². The summed E-state index contributed by atoms with van der Waals surface area (Å²) >= 11 is 0. The monoisotopic (exact) mass is 315 g/mol. The molecule has 0 spiro atoms. The Kier molecular flexibility index (Phi) is 4.96. The van der Waals surface area contributed by atoms with Gasteiger partial charge in [-0.15, -0.1) is 0 Å². The summed E-state index contributed by atoms with van der Waals surface area (Å²) in [5, 5.41) is 3.25. The number of likely N-dealkylation sites (tertiary alicyclic amines) is 1. The molecule has 23 heavy (non-hydrogen) atoms. The number of anilines is 1. The van der Waals surface area contributed by atoms with Gasteiger partial charge in [0.15, 0.2) is 0 Å². The van der Waals surface area contributed by atoms with Crippen molar-refractivity contribution in [3.8, 4) is 0 Å². The maximum absolute atomic E-state index is 12.7. The molecular formula is C18H25N3O2. The van der Waals surface area contributed by atoms with E-state index in [1.165, 1.54) is 0 Å². The summed E-state index contributed by atoms with van der Waals surface area (Å²) in [4.78, 5) is 28.7. The fourth-order valence-corrected chi connectivity index (χ4v) is 3.53. The minimum absolute atomic E-state index is 0.0509. The molecule has 0 aromatic heterocycles. The van der Waals surface area contributed by atoms with Crippen LogP contribution in [0.3, 0.4) is 0 Å². The first-order chi connectivity index (χ1) is 11.2. The summed E-state index contributed by atoms with van der Waals surface area (Å²) in [7, 11) is 1.94. The molecule has 0 bridgehead atoms. The highest BCUT2D eigenvalue weighted by molar-refractivity contribution is 5.99. The summed E-state index contributed by atoms with van der Waals surface area (Å²) in [6.45, 7) is 1.69. The number of carbonyl (C=O) groups excluding carboxylic acids is 2. The number of rotatable bonds is 3. The smallest absolute Gasteiger partial charge is 0.242 e. The van der Waals surface area contributed by atoms with Crippen LogP contribution in [0.4, 0.5) is 5.69 Å². The van der Waals surface area contributed by atoms with Crippen LogP contribution in [-0.2, 0) is 16.0 Å². The number of fused-ring (bicyclic) bond motifs is 1. The largest absolute Gasteiger partial charge is 0.340 e. The Labute approximate surface area is 137 Å². The van der Waals surface area contributed by atoms with Crippen molar-refractivity contribution in [1.82, 2.24) is 10.2 Å². The normalized spacial score (nSPS) is 21.8. The zero-order valence-corrected chi connectivity index (χ0v) is 13.8. The fourth-order valence-electron chi connectivity index (χ4n) is 3.53. The van der Waals surface area contributed by atoms with Gasteiger partial charge in [-0.1, -0.05) is 18.2 Å². The maximum Gasteiger partial charge on any atom is 0.242 e. The summed E-state index contributed by atoms with van der Waals surface area (Å²) < 4.78 is 0. The molecule has 1 fully saturated rings. The number of nitrogens with zero attached hydrogens (tertiary/aromatic N) is 2. The zero-order valence-electron chi connectivity index (χ0n) is 13.8. The zero-order chi connectivity index (χ0) is 16.2. The number of benzene rings is 1. The first-order valence-electron chi connectivity index (χ1n) is 8.52. The first kappa shape index (κ1) is 16.0. The number of amides is 2. The number of nitrogens with one attached hydrogen (secondary N) is 1. The molecule has 1 saturated heterocycles. The van der Waals surface area contributed by atoms with E-state index in [0.29, 0.717) is 12.5 Å². The topological polar surface area (TPSA) is 52.7 Å². The molecule has 0 saturated carbocycles. The van der Waals surface area contributed by atoms with Crippen LogP contribution in [0.15, 0.2) is 24.3 Å². The van der Waals surface area contributed by atoms with Gasteiger partial charge in [0.1, 0.15) is 6.54 Å². The molecule has 5 nitrogen and oxygen atoms in total. The Morgan fingerprint density at radius 2 is 2.09 bits per heavy atom. The van der Waals surface area contributed by atoms with Crippen LogP contribution < -0.4 is 10.2 Å². The second kappa shape index (κ2) is 7.13. The molecule has 0 aliphatic carbocycles. The predicted octanol–water partition coefficient (Wildman–Crippen LogP) is 1.57. The third kappa shape index (κ3) is 3.55. The molecule has 2 aliphatic heterocycles. The Morgan fingerprint density at radius 1 is 1.26 bits per heavy atom. The number of aryl methyl sites for hydroxylation is 1. The third-order valence-corrected chi connectivity index (χ3v) is 4.90. The highest BCUT2D eigenvalue weighted by Crippen LogP contribution is 2.26. The molecule has 0 radical (unpaired) electrons. The molecule has 124 valence electrons. The average Bonchev–Trinajstić information content (AvgIpc) is 2.74. The summed E-state index contributed by atoms with van der Waals surface area (Å²) in [6, 6.07) is 8.31. The van der Waals surface area contributed by atoms with Gasteiger partial charge in [0.05, 0.1) is 0 Å². The number of carbonyl (C=O) groups is 2. The van der Waals surface area contributed by atoms with Gasteiger partial charge < -0.3 is 15.1 Å². The number of hydrogen-bond donors (Lipinski definition) is 1. The van der Waals surface area contributed by atoms with Crippen molar-refractivity contribution in [2.75, 3.05) is 31.6 Å². The van der Waals surface area contributed by atoms with Crippen molar-refractivity contribution in [2.24, 2.45) is 0 Å². The van der Waals surface area contributed by atoms with Crippen LogP contribution in [0.2, 0.25) is 0 Å². The Morgan fingerprint density at radius 3 is 2.91 bits per heavy atom. The van der Waals surface area contributed by atoms with Gasteiger partial charge in [0, 0.05) is 31.2 Å². The van der Waals surface area contributed by atoms with Gasteiger partial charge in [0.2, 0.25) is 11.8 Å². The second-order valence-corrected chi connectivity index (χ2v) is 6.43. The van der Waals surface area contributed by atoms with Crippen LogP contribution in [0.5, 0.6) is 0 Å². The van der Waals surface area contributed by atoms with E-state index in [0.717, 1.165) is 50.0 Å². The van der Waals surface area contributed by atoms with Crippen LogP contribution in [0.25, 0.3) is 0 Å². The maximum atomic E-state index is 12.7. The van der Waals surface area contributed by atoms with Gasteiger partial charge in [0.25, 0.3) is 0 Å². The quantitative estimate of drug-likeness (QED) is 0.921. The van der Waals surface area contributed by atoms with Gasteiger partial charge >= 0.3 is 0 Å². The minimum atomic E-state index is 0.0509. The first-order valence-corrected chi connectivity index (χ1v) is 8.52. The second-order valence-electron chi connectivity index (χ2n) is 6.43. The third-order valence-electron chi connectivity index (χ3n) is 4.90. The molecule has 2 heterocycles. The van der Waals surface area contributed by atoms with Gasteiger partial charge in [-0.2, -0.15) is 0 Å². The average molecular weight is 315 g/mol. The van der Waals surface area contributed by atoms with Gasteiger partial charge in [-0.05, 0) is 44.4 Å². The summed E-state index contributed by atoms with van der Waals surface area (Å²) in [5.41, 5.74) is 2.07. The van der Waals surface area contributed by atoms with Crippen LogP contribution in [0, 0.1) is 0 Å². The molecule has 1 N–H and O–H groups in total. The van der Waals surface area contributed by atoms with Crippen molar-refractivity contribution >= 4 is 17.5 Å². The van der Waals surface area contributed by atoms with Gasteiger partial charge in [-0.25, -0.2) is 0 Å². The molecule has 1 atom stereocenters. The summed E-state index contributed by atoms with van der Waals surface area (Å²) in [5.74, 6) is 0.112. The van der Waals surface area contributed by atoms with E-state index in [-0.39, 0.29) is 18.4 Å². The van der Waals surface area contributed by atoms with Crippen molar-refractivity contribution in [1.29, 1.82) is 0 Å². The van der Waals surface area contributed by atoms with Crippen molar-refractivity contribution in [3.63, 3.8) is 0 Å². The molecular weight excluding hydrogens is 290 g/mol. The highest BCUT2D eigenvalue weighted by atomic mass is 16.2. The minimum Gasteiger partial charge on any atom is -0.340 e. The fraction of sp³-hybridized carbons (Fsp3) is 0.556. The summed E-state index contributed by atoms with van der Waals surface area (Å²) in [6.07, 6.45) is 4.39. The standard InChI is InChI=1S/C18H25N3O2/c1-19-15-8-5-11-20(12-15)18(23)13-21-16-9-3-2-6-14(16)7-4-10-17(21)22/h2-3,6,9,15,19H,4-5,7-8,10-13H2,1H3. The Balaban J connectivity index is 1.75. The lowest BCUT2D eigenvalue weighted by atomic mass is 10.1. The van der Waals surface area contributed by atoms with Crippen LogP contribution in [0.1, 0.15) is 31.2 Å². The molecule has 1 unspecified atom stereocenters. The lowest BCUT2D eigenvalue weighted by Gasteiger charge is -2.34. The number of likely N-dealkylation sites (N-methyl/N-ethyl adjacent to an activating group) is 1. The molecule has 5 heteroatoms. The lowest BCUT2D eigenvalue weighted by Crippen LogP contribution is -2.50. The predicted molar refractivity (Wildman–Crippen MR) is 90.4 cm³/mol. The lowest BCUT2D eigenvalue weighted by molar-refractivity contribution is -0.132. The van der Waals surface area contributed by atoms with E-state index >= 15 is 0 Å². The number of hydrogen-bond acceptors (Lipinski definition) is 3. The number of piperidine rings is 1. The molecule has 1 aromatic rings. The Hall–Kier alpha value is -1.88. The van der Waals surface area contributed by atoms with Crippen molar-refractivity contribution in [3.05, 3.63) is 29.8 Å². The van der Waals surface area contributed by atoms with Crippen LogP contribution >= 0.6 is 0 Å². The molecule has 3 rings (SSSR count). The van der Waals surface area contributed by atoms with E-state index in [9.17, 15) is 9.59 Å². The SMILES string of the molecule is CNC1CCCN(C(=O)CN2C(=O)CCCc3ccccc32)C1. The highest BCUT2D eigenvalue weighted by Gasteiger charge is 2.28. The molecule has 1 aromatic carbocycles. The van der Waals surface area contributed by atoms with E-state index in [2.05, 4.69) is 11.4 Å². The van der Waals surface area contributed by atoms with Crippen molar-refractivity contribution < 1.29 is 9.59 Å². The molecule has 2 aliphatic rings. The number of para-hydroxylation sites is 1. The van der Waals surface area contributed by atoms with Crippen LogP contribution in [-0.4, -0.2) is 49.4 Å². The van der Waals surface area contributed by atoms with E-state index in [4.69, 9.17) is 0 Å². The van der Waals surface area contributed by atoms with Gasteiger partial charge in [-0.3, -0.25) is 9.59 Å². The Bertz CT molecular complexity index is 587. The van der Waals surface area contributed by atoms with E-state index < -0.39 is 0 Å². The molecule has 2 amide bonds.